The molecule has 0 aliphatic heterocycles. The van der Waals surface area contributed by atoms with Gasteiger partial charge in [0.2, 0.25) is 0 Å². The summed E-state index contributed by atoms with van der Waals surface area (Å²) in [6, 6.07) is 0. The molecule has 0 aromatic carbocycles. The van der Waals surface area contributed by atoms with Crippen molar-refractivity contribution in [2.24, 2.45) is 7.05 Å². The van der Waals surface area contributed by atoms with Crippen LogP contribution in [0, 0.1) is 0 Å². The fourth-order valence-corrected chi connectivity index (χ4v) is 2.64. The Morgan fingerprint density at radius 2 is 1.73 bits per heavy atom. The summed E-state index contributed by atoms with van der Waals surface area (Å²) in [4.78, 5) is 24.9. The third-order valence-corrected chi connectivity index (χ3v) is 4.03. The Hall–Kier alpha value is -1.85. The van der Waals surface area contributed by atoms with Crippen molar-refractivity contribution in [1.29, 1.82) is 0 Å². The molecule has 2 rings (SSSR count). The van der Waals surface area contributed by atoms with Gasteiger partial charge < -0.3 is 0 Å². The van der Waals surface area contributed by atoms with Crippen LogP contribution in [0.2, 0.25) is 0 Å². The van der Waals surface area contributed by atoms with Gasteiger partial charge in [-0.1, -0.05) is 39.5 Å². The van der Waals surface area contributed by atoms with E-state index in [9.17, 15) is 9.59 Å². The third kappa shape index (κ3) is 3.31. The van der Waals surface area contributed by atoms with Crippen molar-refractivity contribution in [2.75, 3.05) is 0 Å². The van der Waals surface area contributed by atoms with Gasteiger partial charge in [0.1, 0.15) is 5.39 Å². The van der Waals surface area contributed by atoms with Crippen molar-refractivity contribution in [3.63, 3.8) is 0 Å². The summed E-state index contributed by atoms with van der Waals surface area (Å²) < 4.78 is 4.61. The molecule has 0 fully saturated rings. The van der Waals surface area contributed by atoms with Gasteiger partial charge in [0, 0.05) is 26.3 Å². The van der Waals surface area contributed by atoms with Gasteiger partial charge in [0.05, 0.1) is 0 Å². The largest absolute Gasteiger partial charge is 0.332 e. The summed E-state index contributed by atoms with van der Waals surface area (Å²) in [7, 11) is 1.68. The summed E-state index contributed by atoms with van der Waals surface area (Å²) >= 11 is 0. The number of aromatic nitrogens is 4. The normalized spacial score (nSPS) is 11.4. The van der Waals surface area contributed by atoms with Gasteiger partial charge in [-0.3, -0.25) is 18.6 Å². The zero-order valence-corrected chi connectivity index (χ0v) is 13.8. The Kier molecular flexibility index (Phi) is 5.57. The minimum atomic E-state index is -0.269. The molecule has 0 unspecified atom stereocenters. The van der Waals surface area contributed by atoms with Crippen molar-refractivity contribution in [2.45, 2.75) is 65.5 Å². The van der Waals surface area contributed by atoms with E-state index in [4.69, 9.17) is 0 Å². The van der Waals surface area contributed by atoms with Gasteiger partial charge in [-0.05, 0) is 12.8 Å². The molecular formula is C16H26N4O2. The van der Waals surface area contributed by atoms with E-state index in [0.29, 0.717) is 17.6 Å². The third-order valence-electron chi connectivity index (χ3n) is 4.03. The zero-order chi connectivity index (χ0) is 16.1. The van der Waals surface area contributed by atoms with Crippen LogP contribution in [0.25, 0.3) is 11.0 Å². The molecular weight excluding hydrogens is 280 g/mol. The van der Waals surface area contributed by atoms with Crippen LogP contribution in [0.3, 0.4) is 0 Å². The number of rotatable bonds is 8. The molecule has 2 aromatic rings. The smallest absolute Gasteiger partial charge is 0.279 e. The minimum Gasteiger partial charge on any atom is -0.279 e. The average molecular weight is 306 g/mol. The van der Waals surface area contributed by atoms with Gasteiger partial charge in [-0.15, -0.1) is 0 Å². The van der Waals surface area contributed by atoms with E-state index < -0.39 is 0 Å². The Morgan fingerprint density at radius 3 is 2.41 bits per heavy atom. The lowest BCUT2D eigenvalue weighted by Gasteiger charge is -2.07. The van der Waals surface area contributed by atoms with Gasteiger partial charge in [-0.2, -0.15) is 5.10 Å². The van der Waals surface area contributed by atoms with E-state index in [1.807, 2.05) is 0 Å². The minimum absolute atomic E-state index is 0.211. The predicted octanol–water partition coefficient (Wildman–Crippen LogP) is 2.28. The van der Waals surface area contributed by atoms with Crippen molar-refractivity contribution < 1.29 is 0 Å². The summed E-state index contributed by atoms with van der Waals surface area (Å²) in [6.07, 6.45) is 8.01. The van der Waals surface area contributed by atoms with Crippen LogP contribution in [0.15, 0.2) is 15.8 Å². The highest BCUT2D eigenvalue weighted by atomic mass is 16.2. The predicted molar refractivity (Wildman–Crippen MR) is 88.3 cm³/mol. The topological polar surface area (TPSA) is 61.8 Å². The molecule has 6 heteroatoms. The molecule has 0 saturated heterocycles. The van der Waals surface area contributed by atoms with Crippen molar-refractivity contribution in [1.82, 2.24) is 18.9 Å². The van der Waals surface area contributed by atoms with Gasteiger partial charge >= 0.3 is 5.69 Å². The molecule has 22 heavy (non-hydrogen) atoms. The number of nitrogens with zero attached hydrogens (tertiary/aromatic N) is 4. The van der Waals surface area contributed by atoms with E-state index in [2.05, 4.69) is 18.9 Å². The lowest BCUT2D eigenvalue weighted by Crippen LogP contribution is -2.38. The van der Waals surface area contributed by atoms with Crippen molar-refractivity contribution >= 4 is 11.0 Å². The second-order valence-corrected chi connectivity index (χ2v) is 5.84. The Morgan fingerprint density at radius 1 is 1.00 bits per heavy atom. The van der Waals surface area contributed by atoms with Gasteiger partial charge in [0.15, 0.2) is 5.65 Å². The lowest BCUT2D eigenvalue weighted by atomic mass is 10.2. The fraction of sp³-hybridized carbons (Fsp3) is 0.688. The van der Waals surface area contributed by atoms with E-state index in [1.165, 1.54) is 9.13 Å². The Labute approximate surface area is 130 Å². The molecule has 0 spiro atoms. The first-order chi connectivity index (χ1) is 10.6. The zero-order valence-electron chi connectivity index (χ0n) is 13.8. The number of fused-ring (bicyclic) bond motifs is 1. The van der Waals surface area contributed by atoms with Gasteiger partial charge in [-0.25, -0.2) is 4.79 Å². The number of unbranched alkanes of at least 4 members (excludes halogenated alkanes) is 4. The molecule has 0 aliphatic rings. The van der Waals surface area contributed by atoms with E-state index in [-0.39, 0.29) is 11.2 Å². The number of hydrogen-bond donors (Lipinski definition) is 0. The first-order valence-corrected chi connectivity index (χ1v) is 8.27. The first kappa shape index (κ1) is 16.5. The molecule has 0 aliphatic carbocycles. The van der Waals surface area contributed by atoms with E-state index in [1.54, 1.807) is 17.9 Å². The quantitative estimate of drug-likeness (QED) is 0.703. The van der Waals surface area contributed by atoms with Crippen molar-refractivity contribution in [3.8, 4) is 0 Å². The highest BCUT2D eigenvalue weighted by Crippen LogP contribution is 2.06. The molecule has 0 amide bonds. The van der Waals surface area contributed by atoms with Crippen LogP contribution >= 0.6 is 0 Å². The standard InChI is InChI=1S/C16H26N4O2/c1-4-6-8-9-11-20-15(21)13-12-19(10-7-5-2)17-14(13)18(3)16(20)22/h12H,4-11H2,1-3H3. The van der Waals surface area contributed by atoms with Crippen LogP contribution in [0.5, 0.6) is 0 Å². The van der Waals surface area contributed by atoms with E-state index >= 15 is 0 Å². The number of aryl methyl sites for hydroxylation is 2. The molecule has 0 atom stereocenters. The SMILES string of the molecule is CCCCCCn1c(=O)c2cn(CCCC)nc2n(C)c1=O. The van der Waals surface area contributed by atoms with Crippen LogP contribution < -0.4 is 11.2 Å². The molecule has 0 bridgehead atoms. The maximum Gasteiger partial charge on any atom is 0.332 e. The molecule has 0 saturated carbocycles. The first-order valence-electron chi connectivity index (χ1n) is 8.27. The monoisotopic (exact) mass is 306 g/mol. The fourth-order valence-electron chi connectivity index (χ4n) is 2.64. The molecule has 122 valence electrons. The van der Waals surface area contributed by atoms with E-state index in [0.717, 1.165) is 45.1 Å². The van der Waals surface area contributed by atoms with Crippen LogP contribution in [-0.2, 0) is 20.1 Å². The maximum absolute atomic E-state index is 12.5. The molecule has 2 aromatic heterocycles. The van der Waals surface area contributed by atoms with Crippen LogP contribution in [-0.4, -0.2) is 18.9 Å². The molecule has 6 nitrogen and oxygen atoms in total. The Balaban J connectivity index is 2.37. The summed E-state index contributed by atoms with van der Waals surface area (Å²) in [5.74, 6) is 0. The second-order valence-electron chi connectivity index (χ2n) is 5.84. The average Bonchev–Trinajstić information content (AvgIpc) is 2.94. The van der Waals surface area contributed by atoms with Crippen molar-refractivity contribution in [3.05, 3.63) is 27.0 Å². The van der Waals surface area contributed by atoms with Crippen LogP contribution in [0.1, 0.15) is 52.4 Å². The molecule has 0 radical (unpaired) electrons. The summed E-state index contributed by atoms with van der Waals surface area (Å²) in [6.45, 7) is 5.51. The lowest BCUT2D eigenvalue weighted by molar-refractivity contribution is 0.538. The summed E-state index contributed by atoms with van der Waals surface area (Å²) in [5, 5.41) is 4.92. The highest BCUT2D eigenvalue weighted by molar-refractivity contribution is 5.73. The van der Waals surface area contributed by atoms with Gasteiger partial charge in [0.25, 0.3) is 5.56 Å². The molecule has 2 heterocycles. The molecule has 0 N–H and O–H groups in total. The number of hydrogen-bond acceptors (Lipinski definition) is 3. The van der Waals surface area contributed by atoms with Crippen LogP contribution in [0.4, 0.5) is 0 Å². The summed E-state index contributed by atoms with van der Waals surface area (Å²) in [5.41, 5.74) is 0.00278. The second kappa shape index (κ2) is 7.42. The maximum atomic E-state index is 12.5. The Bertz CT molecular complexity index is 739. The highest BCUT2D eigenvalue weighted by Gasteiger charge is 2.14.